The lowest BCUT2D eigenvalue weighted by atomic mass is 10.1. The monoisotopic (exact) mass is 285 g/mol. The Morgan fingerprint density at radius 3 is 2.95 bits per heavy atom. The predicted molar refractivity (Wildman–Crippen MR) is 78.4 cm³/mol. The fourth-order valence-electron chi connectivity index (χ4n) is 2.50. The highest BCUT2D eigenvalue weighted by Gasteiger charge is 2.20. The molecule has 2 aromatic rings. The van der Waals surface area contributed by atoms with Crippen LogP contribution in [0.15, 0.2) is 30.3 Å². The smallest absolute Gasteiger partial charge is 0.336 e. The summed E-state index contributed by atoms with van der Waals surface area (Å²) in [5.74, 6) is -0.419. The van der Waals surface area contributed by atoms with Crippen LogP contribution in [-0.4, -0.2) is 34.6 Å². The normalized spacial score (nSPS) is 17.7. The number of amides is 1. The SMILES string of the molecule is O=C1CCC(CNc2cc(C(=O)O)c3ccccc3n2)N1. The third-order valence-electron chi connectivity index (χ3n) is 3.56. The molecule has 108 valence electrons. The minimum Gasteiger partial charge on any atom is -0.478 e. The number of fused-ring (bicyclic) bond motifs is 1. The highest BCUT2D eigenvalue weighted by molar-refractivity contribution is 6.03. The maximum Gasteiger partial charge on any atom is 0.336 e. The molecule has 1 aliphatic heterocycles. The summed E-state index contributed by atoms with van der Waals surface area (Å²) in [6, 6.07) is 8.73. The number of pyridine rings is 1. The van der Waals surface area contributed by atoms with E-state index in [4.69, 9.17) is 0 Å². The Bertz CT molecular complexity index is 714. The van der Waals surface area contributed by atoms with Crippen molar-refractivity contribution in [1.82, 2.24) is 10.3 Å². The second-order valence-electron chi connectivity index (χ2n) is 5.06. The molecule has 2 heterocycles. The maximum absolute atomic E-state index is 11.4. The average molecular weight is 285 g/mol. The van der Waals surface area contributed by atoms with Crippen LogP contribution in [0, 0.1) is 0 Å². The summed E-state index contributed by atoms with van der Waals surface area (Å²) in [5, 5.41) is 15.9. The number of nitrogens with one attached hydrogen (secondary N) is 2. The number of carboxylic acids is 1. The minimum atomic E-state index is -0.981. The van der Waals surface area contributed by atoms with E-state index >= 15 is 0 Å². The Hall–Kier alpha value is -2.63. The van der Waals surface area contributed by atoms with Gasteiger partial charge in [-0.1, -0.05) is 18.2 Å². The van der Waals surface area contributed by atoms with Crippen molar-refractivity contribution >= 4 is 28.6 Å². The Morgan fingerprint density at radius 1 is 1.43 bits per heavy atom. The van der Waals surface area contributed by atoms with E-state index in [1.54, 1.807) is 18.2 Å². The minimum absolute atomic E-state index is 0.0551. The van der Waals surface area contributed by atoms with Crippen molar-refractivity contribution in [3.05, 3.63) is 35.9 Å². The maximum atomic E-state index is 11.4. The summed E-state index contributed by atoms with van der Waals surface area (Å²) in [6.45, 7) is 0.538. The Balaban J connectivity index is 1.85. The Labute approximate surface area is 121 Å². The molecule has 1 aromatic heterocycles. The van der Waals surface area contributed by atoms with Gasteiger partial charge >= 0.3 is 5.97 Å². The molecule has 0 radical (unpaired) electrons. The van der Waals surface area contributed by atoms with Crippen LogP contribution in [-0.2, 0) is 4.79 Å². The number of aromatic nitrogens is 1. The van der Waals surface area contributed by atoms with E-state index in [9.17, 15) is 14.7 Å². The molecule has 6 nitrogen and oxygen atoms in total. The van der Waals surface area contributed by atoms with Gasteiger partial charge in [0, 0.05) is 24.4 Å². The van der Waals surface area contributed by atoms with Gasteiger partial charge in [0.1, 0.15) is 5.82 Å². The van der Waals surface area contributed by atoms with Crippen molar-refractivity contribution in [1.29, 1.82) is 0 Å². The van der Waals surface area contributed by atoms with Crippen LogP contribution in [0.2, 0.25) is 0 Å². The van der Waals surface area contributed by atoms with E-state index in [0.717, 1.165) is 6.42 Å². The van der Waals surface area contributed by atoms with Crippen LogP contribution >= 0.6 is 0 Å². The molecule has 0 aliphatic carbocycles. The number of carboxylic acid groups (broad SMARTS) is 1. The zero-order chi connectivity index (χ0) is 14.8. The number of carbonyl (C=O) groups excluding carboxylic acids is 1. The molecule has 21 heavy (non-hydrogen) atoms. The topological polar surface area (TPSA) is 91.3 Å². The number of hydrogen-bond donors (Lipinski definition) is 3. The first-order chi connectivity index (χ1) is 10.1. The molecule has 1 saturated heterocycles. The van der Waals surface area contributed by atoms with Gasteiger partial charge in [-0.25, -0.2) is 9.78 Å². The van der Waals surface area contributed by atoms with Crippen molar-refractivity contribution < 1.29 is 14.7 Å². The molecule has 1 amide bonds. The standard InChI is InChI=1S/C15H15N3O3/c19-14-6-5-9(17-14)8-16-13-7-11(15(20)21)10-3-1-2-4-12(10)18-13/h1-4,7,9H,5-6,8H2,(H,16,18)(H,17,19)(H,20,21). The second-order valence-corrected chi connectivity index (χ2v) is 5.06. The zero-order valence-electron chi connectivity index (χ0n) is 11.3. The lowest BCUT2D eigenvalue weighted by molar-refractivity contribution is -0.119. The molecule has 3 N–H and O–H groups in total. The summed E-state index contributed by atoms with van der Waals surface area (Å²) >= 11 is 0. The predicted octanol–water partition coefficient (Wildman–Crippen LogP) is 1.62. The highest BCUT2D eigenvalue weighted by Crippen LogP contribution is 2.21. The molecule has 1 unspecified atom stereocenters. The largest absolute Gasteiger partial charge is 0.478 e. The highest BCUT2D eigenvalue weighted by atomic mass is 16.4. The average Bonchev–Trinajstić information content (AvgIpc) is 2.89. The fourth-order valence-corrected chi connectivity index (χ4v) is 2.50. The van der Waals surface area contributed by atoms with E-state index in [-0.39, 0.29) is 17.5 Å². The number of hydrogen-bond acceptors (Lipinski definition) is 4. The molecule has 0 spiro atoms. The quantitative estimate of drug-likeness (QED) is 0.794. The van der Waals surface area contributed by atoms with Crippen molar-refractivity contribution in [2.45, 2.75) is 18.9 Å². The van der Waals surface area contributed by atoms with Gasteiger partial charge in [0.25, 0.3) is 0 Å². The van der Waals surface area contributed by atoms with Gasteiger partial charge in [0.15, 0.2) is 0 Å². The molecular formula is C15H15N3O3. The van der Waals surface area contributed by atoms with Crippen LogP contribution < -0.4 is 10.6 Å². The molecule has 1 aromatic carbocycles. The van der Waals surface area contributed by atoms with E-state index in [1.165, 1.54) is 6.07 Å². The molecule has 0 bridgehead atoms. The third kappa shape index (κ3) is 2.79. The van der Waals surface area contributed by atoms with E-state index < -0.39 is 5.97 Å². The number of carbonyl (C=O) groups is 2. The molecule has 6 heteroatoms. The zero-order valence-corrected chi connectivity index (χ0v) is 11.3. The first-order valence-corrected chi connectivity index (χ1v) is 6.80. The second kappa shape index (κ2) is 5.40. The van der Waals surface area contributed by atoms with E-state index in [1.807, 2.05) is 6.07 Å². The Kier molecular flexibility index (Phi) is 3.43. The number of para-hydroxylation sites is 1. The lowest BCUT2D eigenvalue weighted by Gasteiger charge is -2.13. The Morgan fingerprint density at radius 2 is 2.24 bits per heavy atom. The van der Waals surface area contributed by atoms with Crippen LogP contribution in [0.3, 0.4) is 0 Å². The number of benzene rings is 1. The van der Waals surface area contributed by atoms with Gasteiger partial charge in [0.2, 0.25) is 5.91 Å². The van der Waals surface area contributed by atoms with Crippen molar-refractivity contribution in [2.75, 3.05) is 11.9 Å². The number of aromatic carboxylic acids is 1. The van der Waals surface area contributed by atoms with Gasteiger partial charge in [-0.05, 0) is 18.6 Å². The molecule has 1 fully saturated rings. The van der Waals surface area contributed by atoms with Gasteiger partial charge in [-0.2, -0.15) is 0 Å². The van der Waals surface area contributed by atoms with Crippen molar-refractivity contribution in [3.8, 4) is 0 Å². The van der Waals surface area contributed by atoms with Crippen molar-refractivity contribution in [3.63, 3.8) is 0 Å². The van der Waals surface area contributed by atoms with Crippen LogP contribution in [0.25, 0.3) is 10.9 Å². The van der Waals surface area contributed by atoms with Gasteiger partial charge in [0.05, 0.1) is 11.1 Å². The summed E-state index contributed by atoms with van der Waals surface area (Å²) in [5.41, 5.74) is 0.855. The van der Waals surface area contributed by atoms with Gasteiger partial charge in [-0.15, -0.1) is 0 Å². The molecule has 1 atom stereocenters. The van der Waals surface area contributed by atoms with Gasteiger partial charge in [-0.3, -0.25) is 4.79 Å². The van der Waals surface area contributed by atoms with Crippen LogP contribution in [0.5, 0.6) is 0 Å². The first-order valence-electron chi connectivity index (χ1n) is 6.80. The van der Waals surface area contributed by atoms with E-state index in [0.29, 0.717) is 29.7 Å². The summed E-state index contributed by atoms with van der Waals surface area (Å²) in [7, 11) is 0. The van der Waals surface area contributed by atoms with Crippen LogP contribution in [0.1, 0.15) is 23.2 Å². The molecule has 1 aliphatic rings. The van der Waals surface area contributed by atoms with Crippen LogP contribution in [0.4, 0.5) is 5.82 Å². The third-order valence-corrected chi connectivity index (χ3v) is 3.56. The lowest BCUT2D eigenvalue weighted by Crippen LogP contribution is -2.32. The fraction of sp³-hybridized carbons (Fsp3) is 0.267. The molecular weight excluding hydrogens is 270 g/mol. The number of anilines is 1. The van der Waals surface area contributed by atoms with Crippen molar-refractivity contribution in [2.24, 2.45) is 0 Å². The first kappa shape index (κ1) is 13.4. The van der Waals surface area contributed by atoms with Gasteiger partial charge < -0.3 is 15.7 Å². The summed E-state index contributed by atoms with van der Waals surface area (Å²) in [6.07, 6.45) is 1.32. The number of rotatable bonds is 4. The van der Waals surface area contributed by atoms with E-state index in [2.05, 4.69) is 15.6 Å². The molecule has 3 rings (SSSR count). The summed E-state index contributed by atoms with van der Waals surface area (Å²) in [4.78, 5) is 26.9. The molecule has 0 saturated carbocycles. The summed E-state index contributed by atoms with van der Waals surface area (Å²) < 4.78 is 0. The number of nitrogens with zero attached hydrogens (tertiary/aromatic N) is 1.